The SMILES string of the molecule is CCOc1ccc(OCCCCCCCCOC(=O)Cc2ccc([N+](C)(C)C)cc2)cc1. The first-order chi connectivity index (χ1) is 15.4. The fourth-order valence-electron chi connectivity index (χ4n) is 3.36. The van der Waals surface area contributed by atoms with E-state index in [1.165, 1.54) is 12.1 Å². The minimum atomic E-state index is -0.144. The van der Waals surface area contributed by atoms with Gasteiger partial charge in [0.2, 0.25) is 0 Å². The number of carbonyl (C=O) groups excluding carboxylic acids is 1. The van der Waals surface area contributed by atoms with Gasteiger partial charge in [0, 0.05) is 0 Å². The monoisotopic (exact) mass is 442 g/mol. The standard InChI is InChI=1S/C27H40NO4/c1-5-30-25-16-18-26(19-17-25)31-20-10-8-6-7-9-11-21-32-27(29)22-23-12-14-24(15-13-23)28(2,3)4/h12-19H,5-11,20-22H2,1-4H3/q+1. The molecule has 0 bridgehead atoms. The summed E-state index contributed by atoms with van der Waals surface area (Å²) in [6.07, 6.45) is 6.90. The van der Waals surface area contributed by atoms with Crippen LogP contribution in [0.25, 0.3) is 0 Å². The van der Waals surface area contributed by atoms with Crippen molar-refractivity contribution in [1.82, 2.24) is 4.48 Å². The van der Waals surface area contributed by atoms with E-state index < -0.39 is 0 Å². The summed E-state index contributed by atoms with van der Waals surface area (Å²) >= 11 is 0. The lowest BCUT2D eigenvalue weighted by molar-refractivity contribution is -0.142. The van der Waals surface area contributed by atoms with Gasteiger partial charge in [-0.2, -0.15) is 0 Å². The van der Waals surface area contributed by atoms with Gasteiger partial charge in [-0.15, -0.1) is 0 Å². The van der Waals surface area contributed by atoms with Crippen molar-refractivity contribution in [2.45, 2.75) is 51.9 Å². The fourth-order valence-corrected chi connectivity index (χ4v) is 3.36. The normalized spacial score (nSPS) is 11.2. The van der Waals surface area contributed by atoms with Gasteiger partial charge >= 0.3 is 5.97 Å². The Balaban J connectivity index is 1.45. The summed E-state index contributed by atoms with van der Waals surface area (Å²) < 4.78 is 17.4. The summed E-state index contributed by atoms with van der Waals surface area (Å²) in [4.78, 5) is 12.0. The Bertz CT molecular complexity index is 779. The van der Waals surface area contributed by atoms with Crippen LogP contribution in [0.5, 0.6) is 11.5 Å². The van der Waals surface area contributed by atoms with Crippen molar-refractivity contribution in [1.29, 1.82) is 0 Å². The molecular formula is C27H40NO4+. The Hall–Kier alpha value is -2.53. The van der Waals surface area contributed by atoms with Gasteiger partial charge in [-0.05, 0) is 61.7 Å². The fraction of sp³-hybridized carbons (Fsp3) is 0.519. The summed E-state index contributed by atoms with van der Waals surface area (Å²) in [5, 5.41) is 0. The Morgan fingerprint density at radius 2 is 1.25 bits per heavy atom. The molecule has 0 aliphatic carbocycles. The van der Waals surface area contributed by atoms with Crippen molar-refractivity contribution in [2.75, 3.05) is 41.0 Å². The number of quaternary nitrogens is 1. The van der Waals surface area contributed by atoms with E-state index in [1.807, 2.05) is 43.3 Å². The van der Waals surface area contributed by atoms with Crippen molar-refractivity contribution in [3.63, 3.8) is 0 Å². The zero-order valence-corrected chi connectivity index (χ0v) is 20.3. The van der Waals surface area contributed by atoms with E-state index in [9.17, 15) is 4.79 Å². The lowest BCUT2D eigenvalue weighted by Crippen LogP contribution is -2.34. The molecule has 0 saturated carbocycles. The van der Waals surface area contributed by atoms with Crippen molar-refractivity contribution in [2.24, 2.45) is 0 Å². The Morgan fingerprint density at radius 1 is 0.719 bits per heavy atom. The largest absolute Gasteiger partial charge is 0.494 e. The number of rotatable bonds is 15. The van der Waals surface area contributed by atoms with Crippen LogP contribution in [-0.4, -0.2) is 46.9 Å². The van der Waals surface area contributed by atoms with E-state index in [4.69, 9.17) is 14.2 Å². The van der Waals surface area contributed by atoms with Crippen LogP contribution < -0.4 is 14.0 Å². The van der Waals surface area contributed by atoms with E-state index in [0.717, 1.165) is 60.3 Å². The number of esters is 1. The number of hydrogen-bond donors (Lipinski definition) is 0. The van der Waals surface area contributed by atoms with Crippen LogP contribution in [0.3, 0.4) is 0 Å². The number of ether oxygens (including phenoxy) is 3. The van der Waals surface area contributed by atoms with Gasteiger partial charge in [0.05, 0.1) is 47.4 Å². The molecule has 0 radical (unpaired) electrons. The smallest absolute Gasteiger partial charge is 0.310 e. The van der Waals surface area contributed by atoms with E-state index in [-0.39, 0.29) is 5.97 Å². The molecule has 0 amide bonds. The molecule has 0 N–H and O–H groups in total. The van der Waals surface area contributed by atoms with Crippen molar-refractivity contribution < 1.29 is 19.0 Å². The Kier molecular flexibility index (Phi) is 11.1. The first kappa shape index (κ1) is 25.7. The minimum Gasteiger partial charge on any atom is -0.494 e. The van der Waals surface area contributed by atoms with Crippen molar-refractivity contribution >= 4 is 11.7 Å². The zero-order valence-electron chi connectivity index (χ0n) is 20.3. The second-order valence-electron chi connectivity index (χ2n) is 8.95. The molecule has 0 aromatic heterocycles. The topological polar surface area (TPSA) is 44.8 Å². The molecular weight excluding hydrogens is 402 g/mol. The lowest BCUT2D eigenvalue weighted by Gasteiger charge is -2.23. The van der Waals surface area contributed by atoms with Crippen LogP contribution in [0.4, 0.5) is 5.69 Å². The highest BCUT2D eigenvalue weighted by Gasteiger charge is 2.12. The average Bonchev–Trinajstić information content (AvgIpc) is 2.76. The van der Waals surface area contributed by atoms with Crippen molar-refractivity contribution in [3.8, 4) is 11.5 Å². The lowest BCUT2D eigenvalue weighted by atomic mass is 10.1. The second kappa shape index (κ2) is 13.8. The zero-order chi connectivity index (χ0) is 23.2. The van der Waals surface area contributed by atoms with Gasteiger partial charge < -0.3 is 14.2 Å². The van der Waals surface area contributed by atoms with E-state index in [1.54, 1.807) is 0 Å². The summed E-state index contributed by atoms with van der Waals surface area (Å²) in [5.74, 6) is 1.62. The molecule has 32 heavy (non-hydrogen) atoms. The highest BCUT2D eigenvalue weighted by molar-refractivity contribution is 5.72. The second-order valence-corrected chi connectivity index (χ2v) is 8.95. The van der Waals surface area contributed by atoms with Gasteiger partial charge in [-0.1, -0.05) is 37.8 Å². The highest BCUT2D eigenvalue weighted by atomic mass is 16.5. The number of benzene rings is 2. The molecule has 2 aromatic carbocycles. The van der Waals surface area contributed by atoms with Gasteiger partial charge in [-0.25, -0.2) is 0 Å². The maximum atomic E-state index is 12.0. The number of unbranched alkanes of at least 4 members (excludes halogenated alkanes) is 5. The maximum absolute atomic E-state index is 12.0. The number of hydrogen-bond acceptors (Lipinski definition) is 4. The summed E-state index contributed by atoms with van der Waals surface area (Å²) in [5.41, 5.74) is 2.21. The van der Waals surface area contributed by atoms with Crippen LogP contribution in [0.15, 0.2) is 48.5 Å². The molecule has 0 aliphatic heterocycles. The molecule has 0 saturated heterocycles. The van der Waals surface area contributed by atoms with E-state index >= 15 is 0 Å². The molecule has 0 aliphatic rings. The molecule has 176 valence electrons. The molecule has 5 heteroatoms. The Labute approximate surface area is 193 Å². The summed E-state index contributed by atoms with van der Waals surface area (Å²) in [6.45, 7) is 3.90. The van der Waals surface area contributed by atoms with Crippen LogP contribution in [0.1, 0.15) is 51.0 Å². The third kappa shape index (κ3) is 10.2. The molecule has 0 unspecified atom stereocenters. The molecule has 0 fully saturated rings. The first-order valence-electron chi connectivity index (χ1n) is 11.8. The van der Waals surface area contributed by atoms with Gasteiger partial charge in [-0.3, -0.25) is 9.28 Å². The maximum Gasteiger partial charge on any atom is 0.310 e. The molecule has 2 aromatic rings. The molecule has 0 spiro atoms. The average molecular weight is 443 g/mol. The van der Waals surface area contributed by atoms with Crippen LogP contribution in [0.2, 0.25) is 0 Å². The molecule has 2 rings (SSSR count). The van der Waals surface area contributed by atoms with E-state index in [0.29, 0.717) is 19.6 Å². The molecule has 0 heterocycles. The third-order valence-corrected chi connectivity index (χ3v) is 5.26. The van der Waals surface area contributed by atoms with E-state index in [2.05, 4.69) is 33.3 Å². The van der Waals surface area contributed by atoms with Gasteiger partial charge in [0.15, 0.2) is 0 Å². The number of carbonyl (C=O) groups is 1. The highest BCUT2D eigenvalue weighted by Crippen LogP contribution is 2.19. The first-order valence-corrected chi connectivity index (χ1v) is 11.8. The van der Waals surface area contributed by atoms with Gasteiger partial charge in [0.1, 0.15) is 17.2 Å². The Morgan fingerprint density at radius 3 is 1.81 bits per heavy atom. The summed E-state index contributed by atoms with van der Waals surface area (Å²) in [6, 6.07) is 16.0. The van der Waals surface area contributed by atoms with Crippen LogP contribution >= 0.6 is 0 Å². The summed E-state index contributed by atoms with van der Waals surface area (Å²) in [7, 11) is 6.38. The molecule has 0 atom stereocenters. The minimum absolute atomic E-state index is 0.144. The predicted molar refractivity (Wildman–Crippen MR) is 131 cm³/mol. The van der Waals surface area contributed by atoms with Crippen LogP contribution in [-0.2, 0) is 16.0 Å². The van der Waals surface area contributed by atoms with Crippen LogP contribution in [0, 0.1) is 0 Å². The number of nitrogens with zero attached hydrogens (tertiary/aromatic N) is 1. The van der Waals surface area contributed by atoms with Gasteiger partial charge in [0.25, 0.3) is 0 Å². The molecule has 5 nitrogen and oxygen atoms in total. The predicted octanol–water partition coefficient (Wildman–Crippen LogP) is 5.79. The third-order valence-electron chi connectivity index (χ3n) is 5.26. The quantitative estimate of drug-likeness (QED) is 0.199. The van der Waals surface area contributed by atoms with Crippen molar-refractivity contribution in [3.05, 3.63) is 54.1 Å².